The Morgan fingerprint density at radius 2 is 1.33 bits per heavy atom. The van der Waals surface area contributed by atoms with Crippen molar-refractivity contribution in [3.8, 4) is 33.4 Å². The molecule has 2 heterocycles. The summed E-state index contributed by atoms with van der Waals surface area (Å²) in [5.41, 5.74) is 10.8. The van der Waals surface area contributed by atoms with E-state index in [2.05, 4.69) is 123 Å². The quantitative estimate of drug-likeness (QED) is 0.0375. The molecule has 0 radical (unpaired) electrons. The minimum Gasteiger partial charge on any atom is -0.444 e. The number of piperidine rings is 1. The van der Waals surface area contributed by atoms with Crippen LogP contribution in [0.3, 0.4) is 0 Å². The Balaban J connectivity index is 0.00000261. The van der Waals surface area contributed by atoms with Crippen molar-refractivity contribution in [3.63, 3.8) is 0 Å². The summed E-state index contributed by atoms with van der Waals surface area (Å²) in [6.07, 6.45) is 8.06. The maximum Gasteiger partial charge on any atom is 0.411 e. The van der Waals surface area contributed by atoms with Crippen molar-refractivity contribution in [2.45, 2.75) is 84.9 Å². The Hall–Kier alpha value is -7.38. The van der Waals surface area contributed by atoms with Gasteiger partial charge in [0, 0.05) is 53.9 Å². The van der Waals surface area contributed by atoms with E-state index in [1.165, 1.54) is 17.2 Å². The fourth-order valence-corrected chi connectivity index (χ4v) is 8.07. The Morgan fingerprint density at radius 1 is 0.771 bits per heavy atom. The zero-order valence-electron chi connectivity index (χ0n) is 40.9. The molecular formula is C57H62N5O7S+. The molecule has 1 aromatic heterocycles. The molecule has 1 atom stereocenters. The van der Waals surface area contributed by atoms with Gasteiger partial charge in [0.25, 0.3) is 11.8 Å². The topological polar surface area (TPSA) is 155 Å². The van der Waals surface area contributed by atoms with Gasteiger partial charge in [0.05, 0.1) is 0 Å². The van der Waals surface area contributed by atoms with Crippen LogP contribution in [0, 0.1) is 6.92 Å². The highest BCUT2D eigenvalue weighted by atomic mass is 32.2. The van der Waals surface area contributed by atoms with Crippen molar-refractivity contribution in [1.82, 2.24) is 15.5 Å². The van der Waals surface area contributed by atoms with Crippen molar-refractivity contribution in [3.05, 3.63) is 167 Å². The Bertz CT molecular complexity index is 2790. The molecule has 0 bridgehead atoms. The lowest BCUT2D eigenvalue weighted by Crippen LogP contribution is -2.53. The summed E-state index contributed by atoms with van der Waals surface area (Å²) < 4.78 is 7.46. The molecule has 1 saturated heterocycles. The molecular weight excluding hydrogens is 899 g/mol. The molecule has 0 saturated carbocycles. The van der Waals surface area contributed by atoms with Crippen LogP contribution in [-0.2, 0) is 32.3 Å². The molecule has 7 rings (SSSR count). The lowest BCUT2D eigenvalue weighted by molar-refractivity contribution is -0.697. The summed E-state index contributed by atoms with van der Waals surface area (Å²) in [7, 11) is 0. The number of aromatic nitrogens is 1. The molecule has 13 heteroatoms. The molecule has 0 spiro atoms. The maximum atomic E-state index is 14.0. The first-order valence-corrected chi connectivity index (χ1v) is 25.1. The summed E-state index contributed by atoms with van der Waals surface area (Å²) in [5.74, 6) is -1.19. The molecule has 1 aliphatic rings. The van der Waals surface area contributed by atoms with E-state index in [1.807, 2.05) is 53.7 Å². The molecule has 1 fully saturated rings. The zero-order chi connectivity index (χ0) is 50.3. The first kappa shape index (κ1) is 52.0. The minimum absolute atomic E-state index is 0.000536. The first-order valence-electron chi connectivity index (χ1n) is 23.5. The Kier molecular flexibility index (Phi) is 18.4. The second-order valence-electron chi connectivity index (χ2n) is 17.8. The molecule has 6 amide bonds. The van der Waals surface area contributed by atoms with Crippen molar-refractivity contribution < 1.29 is 38.1 Å². The van der Waals surface area contributed by atoms with Crippen LogP contribution in [0.15, 0.2) is 134 Å². The summed E-state index contributed by atoms with van der Waals surface area (Å²) in [4.78, 5) is 76.8. The molecule has 1 unspecified atom stereocenters. The number of thioether (sulfide) groups is 1. The van der Waals surface area contributed by atoms with Crippen LogP contribution in [-0.4, -0.2) is 66.1 Å². The van der Waals surface area contributed by atoms with Gasteiger partial charge in [-0.15, -0.1) is 0 Å². The van der Waals surface area contributed by atoms with Crippen molar-refractivity contribution in [2.24, 2.45) is 0 Å². The van der Waals surface area contributed by atoms with E-state index in [0.717, 1.165) is 43.8 Å². The average molecular weight is 961 g/mol. The lowest BCUT2D eigenvalue weighted by atomic mass is 9.92. The van der Waals surface area contributed by atoms with E-state index >= 15 is 0 Å². The standard InChI is InChI=1S/C55H55N5O7.C2H6S/c1-35(2)39-10-14-41(15-11-39)42-18-20-44(21-19-42)47-23-22-45(43-16-12-40(13-17-43)36(3)4)32-48(47)52(63)56-28-7-29-59-30-26-38(27-31-59)33-67-55(66)57-49-9-6-8-46(37(49)5)54(65)60(34-61)50-24-25-51(62)58-53(50)64;1-3-2/h6,8-23,26-27,30-32,34-36,50H,7,24-25,28-29,33H2,1-5H3,(H2-,56,57,58,62,63,64,66);1-2H3/p+1. The van der Waals surface area contributed by atoms with Crippen LogP contribution in [0.25, 0.3) is 33.4 Å². The van der Waals surface area contributed by atoms with Gasteiger partial charge in [-0.1, -0.05) is 119 Å². The van der Waals surface area contributed by atoms with E-state index < -0.39 is 29.9 Å². The van der Waals surface area contributed by atoms with Crippen LogP contribution in [0.5, 0.6) is 0 Å². The number of hydrogen-bond donors (Lipinski definition) is 3. The number of hydrogen-bond acceptors (Lipinski definition) is 8. The van der Waals surface area contributed by atoms with E-state index in [9.17, 15) is 28.8 Å². The van der Waals surface area contributed by atoms with Crippen LogP contribution in [0.2, 0.25) is 0 Å². The number of imide groups is 2. The van der Waals surface area contributed by atoms with Gasteiger partial charge < -0.3 is 10.1 Å². The highest BCUT2D eigenvalue weighted by molar-refractivity contribution is 7.97. The number of nitrogens with one attached hydrogen (secondary N) is 3. The summed E-state index contributed by atoms with van der Waals surface area (Å²) in [6, 6.07) is 38.8. The number of carbonyl (C=O) groups is 6. The van der Waals surface area contributed by atoms with Crippen molar-refractivity contribution >= 4 is 53.6 Å². The Labute approximate surface area is 415 Å². The molecule has 362 valence electrons. The van der Waals surface area contributed by atoms with Crippen molar-refractivity contribution in [1.29, 1.82) is 0 Å². The van der Waals surface area contributed by atoms with Crippen molar-refractivity contribution in [2.75, 3.05) is 24.4 Å². The molecule has 0 aliphatic carbocycles. The van der Waals surface area contributed by atoms with Crippen LogP contribution < -0.4 is 20.5 Å². The van der Waals surface area contributed by atoms with Crippen LogP contribution in [0.4, 0.5) is 10.5 Å². The third-order valence-electron chi connectivity index (χ3n) is 12.2. The predicted octanol–water partition coefficient (Wildman–Crippen LogP) is 10.5. The van der Waals surface area contributed by atoms with Gasteiger partial charge in [-0.25, -0.2) is 9.36 Å². The molecule has 5 aromatic carbocycles. The average Bonchev–Trinajstić information content (AvgIpc) is 3.36. The van der Waals surface area contributed by atoms with Crippen LogP contribution >= 0.6 is 11.8 Å². The largest absolute Gasteiger partial charge is 0.444 e. The first-order chi connectivity index (χ1) is 33.7. The second kappa shape index (κ2) is 24.8. The molecule has 6 aromatic rings. The van der Waals surface area contributed by atoms with Crippen LogP contribution in [0.1, 0.15) is 102 Å². The van der Waals surface area contributed by atoms with Gasteiger partial charge >= 0.3 is 6.09 Å². The van der Waals surface area contributed by atoms with E-state index in [0.29, 0.717) is 48.2 Å². The summed E-state index contributed by atoms with van der Waals surface area (Å²) >= 11 is 1.75. The SMILES string of the molecule is CSC.Cc1c(NC(=O)OCc2cc[n+](CCCNC(=O)c3cc(-c4ccc(C(C)C)cc4)ccc3-c3ccc(-c4ccc(C(C)C)cc4)cc3)cc2)cccc1C(=O)N(C=O)C1CCC(=O)NC1=O. The zero-order valence-corrected chi connectivity index (χ0v) is 41.7. The maximum absolute atomic E-state index is 14.0. The highest BCUT2D eigenvalue weighted by Crippen LogP contribution is 2.32. The fraction of sp³-hybridized carbons (Fsp3) is 0.281. The third kappa shape index (κ3) is 13.4. The fourth-order valence-electron chi connectivity index (χ4n) is 8.07. The molecule has 3 N–H and O–H groups in total. The van der Waals surface area contributed by atoms with E-state index in [1.54, 1.807) is 30.8 Å². The van der Waals surface area contributed by atoms with Gasteiger partial charge in [0.15, 0.2) is 12.4 Å². The number of ether oxygens (including phenoxy) is 1. The molecule has 70 heavy (non-hydrogen) atoms. The molecule has 12 nitrogen and oxygen atoms in total. The van der Waals surface area contributed by atoms with Gasteiger partial charge in [0.1, 0.15) is 19.2 Å². The monoisotopic (exact) mass is 960 g/mol. The minimum atomic E-state index is -1.12. The predicted molar refractivity (Wildman–Crippen MR) is 277 cm³/mol. The summed E-state index contributed by atoms with van der Waals surface area (Å²) in [6.45, 7) is 11.4. The number of pyridine rings is 1. The highest BCUT2D eigenvalue weighted by Gasteiger charge is 2.35. The Morgan fingerprint density at radius 3 is 1.90 bits per heavy atom. The number of anilines is 1. The number of rotatable bonds is 16. The number of amides is 6. The van der Waals surface area contributed by atoms with Gasteiger partial charge in [-0.2, -0.15) is 11.8 Å². The third-order valence-corrected chi connectivity index (χ3v) is 12.2. The van der Waals surface area contributed by atoms with Gasteiger partial charge in [-0.05, 0) is 106 Å². The summed E-state index contributed by atoms with van der Waals surface area (Å²) in [5, 5.41) is 7.96. The number of nitrogens with zero attached hydrogens (tertiary/aromatic N) is 2. The van der Waals surface area contributed by atoms with E-state index in [4.69, 9.17) is 4.74 Å². The number of carbonyl (C=O) groups excluding carboxylic acids is 6. The van der Waals surface area contributed by atoms with Gasteiger partial charge in [-0.3, -0.25) is 39.5 Å². The number of benzene rings is 5. The normalized spacial score (nSPS) is 13.2. The van der Waals surface area contributed by atoms with E-state index in [-0.39, 0.29) is 37.3 Å². The smallest absolute Gasteiger partial charge is 0.411 e. The molecule has 1 aliphatic heterocycles. The lowest BCUT2D eigenvalue weighted by Gasteiger charge is -2.28. The van der Waals surface area contributed by atoms with Gasteiger partial charge in [0.2, 0.25) is 18.2 Å². The number of aryl methyl sites for hydroxylation is 1. The second-order valence-corrected chi connectivity index (χ2v) is 18.6.